The third-order valence-corrected chi connectivity index (χ3v) is 3.82. The molecule has 0 radical (unpaired) electrons. The quantitative estimate of drug-likeness (QED) is 0.784. The Balaban J connectivity index is 2.81. The summed E-state index contributed by atoms with van der Waals surface area (Å²) in [5.74, 6) is 1.33. The van der Waals surface area contributed by atoms with E-state index in [1.54, 1.807) is 13.4 Å². The van der Waals surface area contributed by atoms with Crippen molar-refractivity contribution in [2.45, 2.75) is 65.2 Å². The van der Waals surface area contributed by atoms with E-state index in [0.29, 0.717) is 12.3 Å². The van der Waals surface area contributed by atoms with Crippen molar-refractivity contribution in [3.63, 3.8) is 0 Å². The second kappa shape index (κ2) is 7.01. The van der Waals surface area contributed by atoms with Crippen LogP contribution in [0.2, 0.25) is 0 Å². The van der Waals surface area contributed by atoms with Gasteiger partial charge in [0.2, 0.25) is 0 Å². The Bertz CT molecular complexity index is 364. The van der Waals surface area contributed by atoms with Crippen molar-refractivity contribution in [2.75, 3.05) is 7.11 Å². The predicted molar refractivity (Wildman–Crippen MR) is 74.9 cm³/mol. The van der Waals surface area contributed by atoms with Gasteiger partial charge in [-0.3, -0.25) is 0 Å². The first kappa shape index (κ1) is 16.1. The maximum atomic E-state index is 10.5. The topological polar surface area (TPSA) is 60.2 Å². The SMILES string of the molecule is CCC(CC)(OC)C(O)Cc1ncnn1CC(C)C. The molecule has 1 rings (SSSR count). The maximum Gasteiger partial charge on any atom is 0.138 e. The molecule has 0 spiro atoms. The number of aliphatic hydroxyl groups is 1. The van der Waals surface area contributed by atoms with E-state index in [2.05, 4.69) is 23.9 Å². The second-order valence-electron chi connectivity index (χ2n) is 5.45. The molecular weight excluding hydrogens is 242 g/mol. The molecule has 5 nitrogen and oxygen atoms in total. The van der Waals surface area contributed by atoms with Crippen LogP contribution in [0.5, 0.6) is 0 Å². The van der Waals surface area contributed by atoms with Crippen molar-refractivity contribution in [3.05, 3.63) is 12.2 Å². The van der Waals surface area contributed by atoms with Gasteiger partial charge in [-0.1, -0.05) is 27.7 Å². The van der Waals surface area contributed by atoms with E-state index in [0.717, 1.165) is 25.2 Å². The van der Waals surface area contributed by atoms with Gasteiger partial charge in [-0.25, -0.2) is 9.67 Å². The molecule has 0 saturated heterocycles. The van der Waals surface area contributed by atoms with Crippen LogP contribution in [0.1, 0.15) is 46.4 Å². The summed E-state index contributed by atoms with van der Waals surface area (Å²) >= 11 is 0. The van der Waals surface area contributed by atoms with E-state index in [9.17, 15) is 5.11 Å². The second-order valence-corrected chi connectivity index (χ2v) is 5.45. The fourth-order valence-corrected chi connectivity index (χ4v) is 2.45. The minimum atomic E-state index is -0.567. The van der Waals surface area contributed by atoms with Crippen LogP contribution in [0.15, 0.2) is 6.33 Å². The van der Waals surface area contributed by atoms with Gasteiger partial charge in [0, 0.05) is 20.1 Å². The summed E-state index contributed by atoms with van der Waals surface area (Å²) in [6.45, 7) is 9.17. The standard InChI is InChI=1S/C14H27N3O2/c1-6-14(7-2,19-5)12(18)8-13-15-10-16-17(13)9-11(3)4/h10-12,18H,6-9H2,1-5H3. The summed E-state index contributed by atoms with van der Waals surface area (Å²) in [7, 11) is 1.66. The fourth-order valence-electron chi connectivity index (χ4n) is 2.45. The van der Waals surface area contributed by atoms with E-state index in [1.165, 1.54) is 0 Å². The molecule has 0 aliphatic heterocycles. The van der Waals surface area contributed by atoms with Crippen LogP contribution >= 0.6 is 0 Å². The number of rotatable bonds is 8. The zero-order valence-corrected chi connectivity index (χ0v) is 12.8. The average molecular weight is 269 g/mol. The van der Waals surface area contributed by atoms with E-state index >= 15 is 0 Å². The molecule has 1 aromatic heterocycles. The summed E-state index contributed by atoms with van der Waals surface area (Å²) < 4.78 is 7.43. The Hall–Kier alpha value is -0.940. The Morgan fingerprint density at radius 2 is 2.00 bits per heavy atom. The molecule has 0 saturated carbocycles. The molecule has 0 bridgehead atoms. The lowest BCUT2D eigenvalue weighted by atomic mass is 9.88. The summed E-state index contributed by atoms with van der Waals surface area (Å²) in [6, 6.07) is 0. The molecule has 0 aromatic carbocycles. The lowest BCUT2D eigenvalue weighted by Crippen LogP contribution is -2.44. The molecular formula is C14H27N3O2. The molecule has 1 unspecified atom stereocenters. The Morgan fingerprint density at radius 3 is 2.47 bits per heavy atom. The number of aliphatic hydroxyl groups excluding tert-OH is 1. The van der Waals surface area contributed by atoms with Gasteiger partial charge in [-0.05, 0) is 18.8 Å². The van der Waals surface area contributed by atoms with Crippen LogP contribution in [0, 0.1) is 5.92 Å². The van der Waals surface area contributed by atoms with E-state index in [1.807, 2.05) is 18.5 Å². The fraction of sp³-hybridized carbons (Fsp3) is 0.857. The van der Waals surface area contributed by atoms with Crippen LogP contribution in [0.25, 0.3) is 0 Å². The van der Waals surface area contributed by atoms with Crippen LogP contribution in [-0.2, 0) is 17.7 Å². The number of methoxy groups -OCH3 is 1. The van der Waals surface area contributed by atoms with Gasteiger partial charge < -0.3 is 9.84 Å². The van der Waals surface area contributed by atoms with Gasteiger partial charge in [0.15, 0.2) is 0 Å². The first-order valence-electron chi connectivity index (χ1n) is 7.09. The number of aromatic nitrogens is 3. The lowest BCUT2D eigenvalue weighted by Gasteiger charge is -2.35. The van der Waals surface area contributed by atoms with Crippen molar-refractivity contribution in [3.8, 4) is 0 Å². The Morgan fingerprint density at radius 1 is 1.37 bits per heavy atom. The van der Waals surface area contributed by atoms with Crippen molar-refractivity contribution in [1.82, 2.24) is 14.8 Å². The molecule has 5 heteroatoms. The van der Waals surface area contributed by atoms with Gasteiger partial charge in [0.1, 0.15) is 12.2 Å². The molecule has 0 amide bonds. The van der Waals surface area contributed by atoms with Gasteiger partial charge >= 0.3 is 0 Å². The Labute approximate surface area is 116 Å². The van der Waals surface area contributed by atoms with Gasteiger partial charge in [-0.2, -0.15) is 5.10 Å². The highest BCUT2D eigenvalue weighted by atomic mass is 16.5. The summed E-state index contributed by atoms with van der Waals surface area (Å²) in [5.41, 5.74) is -0.491. The van der Waals surface area contributed by atoms with E-state index in [-0.39, 0.29) is 0 Å². The lowest BCUT2D eigenvalue weighted by molar-refractivity contribution is -0.107. The van der Waals surface area contributed by atoms with Crippen molar-refractivity contribution < 1.29 is 9.84 Å². The maximum absolute atomic E-state index is 10.5. The molecule has 0 aliphatic carbocycles. The molecule has 1 heterocycles. The molecule has 1 aromatic rings. The zero-order valence-electron chi connectivity index (χ0n) is 12.8. The summed E-state index contributed by atoms with van der Waals surface area (Å²) in [6.07, 6.45) is 3.01. The van der Waals surface area contributed by atoms with Crippen molar-refractivity contribution in [2.24, 2.45) is 5.92 Å². The highest BCUT2D eigenvalue weighted by Crippen LogP contribution is 2.26. The molecule has 0 aliphatic rings. The van der Waals surface area contributed by atoms with Gasteiger partial charge in [-0.15, -0.1) is 0 Å². The molecule has 0 fully saturated rings. The molecule has 19 heavy (non-hydrogen) atoms. The number of ether oxygens (including phenoxy) is 1. The molecule has 110 valence electrons. The minimum Gasteiger partial charge on any atom is -0.390 e. The van der Waals surface area contributed by atoms with Crippen molar-refractivity contribution in [1.29, 1.82) is 0 Å². The molecule has 1 N–H and O–H groups in total. The highest BCUT2D eigenvalue weighted by molar-refractivity contribution is 4.95. The van der Waals surface area contributed by atoms with Crippen molar-refractivity contribution >= 4 is 0 Å². The number of nitrogens with zero attached hydrogens (tertiary/aromatic N) is 3. The summed E-state index contributed by atoms with van der Waals surface area (Å²) in [5, 5.41) is 14.7. The third kappa shape index (κ3) is 3.76. The minimum absolute atomic E-state index is 0.474. The van der Waals surface area contributed by atoms with Gasteiger partial charge in [0.25, 0.3) is 0 Å². The predicted octanol–water partition coefficient (Wildman–Crippen LogP) is 2.04. The largest absolute Gasteiger partial charge is 0.390 e. The monoisotopic (exact) mass is 269 g/mol. The van der Waals surface area contributed by atoms with E-state index < -0.39 is 11.7 Å². The Kier molecular flexibility index (Phi) is 5.94. The third-order valence-electron chi connectivity index (χ3n) is 3.82. The van der Waals surface area contributed by atoms with Crippen LogP contribution < -0.4 is 0 Å². The zero-order chi connectivity index (χ0) is 14.5. The van der Waals surface area contributed by atoms with E-state index in [4.69, 9.17) is 4.74 Å². The highest BCUT2D eigenvalue weighted by Gasteiger charge is 2.35. The van der Waals surface area contributed by atoms with Crippen LogP contribution in [-0.4, -0.2) is 38.7 Å². The van der Waals surface area contributed by atoms with Crippen LogP contribution in [0.4, 0.5) is 0 Å². The average Bonchev–Trinajstić information content (AvgIpc) is 2.79. The van der Waals surface area contributed by atoms with Crippen LogP contribution in [0.3, 0.4) is 0 Å². The normalized spacial score (nSPS) is 14.1. The first-order valence-corrected chi connectivity index (χ1v) is 7.09. The number of hydrogen-bond donors (Lipinski definition) is 1. The van der Waals surface area contributed by atoms with Gasteiger partial charge in [0.05, 0.1) is 11.7 Å². The smallest absolute Gasteiger partial charge is 0.138 e. The first-order chi connectivity index (χ1) is 8.99. The summed E-state index contributed by atoms with van der Waals surface area (Å²) in [4.78, 5) is 4.26. The molecule has 1 atom stereocenters. The number of hydrogen-bond acceptors (Lipinski definition) is 4.